The number of amides is 1. The molecule has 1 saturated carbocycles. The number of anilines is 1. The molecule has 0 aromatic carbocycles. The van der Waals surface area contributed by atoms with E-state index in [9.17, 15) is 9.18 Å². The van der Waals surface area contributed by atoms with Gasteiger partial charge in [-0.3, -0.25) is 4.79 Å². The van der Waals surface area contributed by atoms with E-state index in [0.717, 1.165) is 22.2 Å². The zero-order valence-electron chi connectivity index (χ0n) is 14.2. The van der Waals surface area contributed by atoms with Crippen LogP contribution >= 0.6 is 11.6 Å². The lowest BCUT2D eigenvalue weighted by Crippen LogP contribution is -2.15. The van der Waals surface area contributed by atoms with Gasteiger partial charge in [0, 0.05) is 18.6 Å². The van der Waals surface area contributed by atoms with E-state index < -0.39 is 12.1 Å². The predicted molar refractivity (Wildman–Crippen MR) is 97.1 cm³/mol. The van der Waals surface area contributed by atoms with Gasteiger partial charge in [0.15, 0.2) is 0 Å². The maximum Gasteiger partial charge on any atom is 0.231 e. The monoisotopic (exact) mass is 374 g/mol. The van der Waals surface area contributed by atoms with Gasteiger partial charge < -0.3 is 14.6 Å². The molecule has 1 aliphatic carbocycles. The molecule has 0 saturated heterocycles. The lowest BCUT2D eigenvalue weighted by molar-refractivity contribution is -0.117. The molecule has 1 aliphatic rings. The largest absolute Gasteiger partial charge is 0.481 e. The summed E-state index contributed by atoms with van der Waals surface area (Å²) in [7, 11) is 3.45. The minimum absolute atomic E-state index is 0.283. The SMILES string of the molecule is COc1ncc(Cl)cc1-c1cc2cc(NC(=O)[C@@H]3C[C@@H]3F)ncc2n1C. The zero-order valence-corrected chi connectivity index (χ0v) is 14.9. The van der Waals surface area contributed by atoms with Crippen LogP contribution in [0, 0.1) is 5.92 Å². The molecule has 3 aromatic rings. The normalized spacial score (nSPS) is 18.8. The van der Waals surface area contributed by atoms with E-state index in [0.29, 0.717) is 16.7 Å². The van der Waals surface area contributed by atoms with Crippen LogP contribution in [0.1, 0.15) is 6.42 Å². The Bertz CT molecular complexity index is 1020. The molecule has 0 aliphatic heterocycles. The summed E-state index contributed by atoms with van der Waals surface area (Å²) in [5, 5.41) is 4.05. The van der Waals surface area contributed by atoms with Crippen LogP contribution < -0.4 is 10.1 Å². The standard InChI is InChI=1S/C18H16ClFN4O2/c1-24-14(12-5-10(19)7-22-18(12)26-2)3-9-4-16(21-8-15(9)24)23-17(25)11-6-13(11)20/h3-5,7-8,11,13H,6H2,1-2H3,(H,21,23,25)/t11-,13+/m1/s1. The summed E-state index contributed by atoms with van der Waals surface area (Å²) in [6.07, 6.45) is 2.44. The van der Waals surface area contributed by atoms with Gasteiger partial charge in [0.05, 0.1) is 41.0 Å². The van der Waals surface area contributed by atoms with Crippen molar-refractivity contribution in [2.45, 2.75) is 12.6 Å². The number of carbonyl (C=O) groups excluding carboxylic acids is 1. The Balaban J connectivity index is 1.73. The number of carbonyl (C=O) groups is 1. The second-order valence-electron chi connectivity index (χ2n) is 6.27. The van der Waals surface area contributed by atoms with Crippen LogP contribution in [0.4, 0.5) is 10.2 Å². The molecule has 0 spiro atoms. The molecule has 26 heavy (non-hydrogen) atoms. The third-order valence-electron chi connectivity index (χ3n) is 4.52. The number of rotatable bonds is 4. The number of pyridine rings is 2. The first-order chi connectivity index (χ1) is 12.5. The minimum Gasteiger partial charge on any atom is -0.481 e. The lowest BCUT2D eigenvalue weighted by atomic mass is 10.2. The number of alkyl halides is 1. The average Bonchev–Trinajstić information content (AvgIpc) is 3.27. The molecule has 0 unspecified atom stereocenters. The Labute approximate surface area is 154 Å². The Morgan fingerprint density at radius 1 is 1.35 bits per heavy atom. The van der Waals surface area contributed by atoms with Crippen LogP contribution in [0.2, 0.25) is 5.02 Å². The third-order valence-corrected chi connectivity index (χ3v) is 4.72. The van der Waals surface area contributed by atoms with E-state index in [2.05, 4.69) is 15.3 Å². The van der Waals surface area contributed by atoms with Crippen LogP contribution in [0.25, 0.3) is 22.2 Å². The predicted octanol–water partition coefficient (Wildman–Crippen LogP) is 3.59. The van der Waals surface area contributed by atoms with Crippen molar-refractivity contribution in [2.75, 3.05) is 12.4 Å². The highest BCUT2D eigenvalue weighted by atomic mass is 35.5. The van der Waals surface area contributed by atoms with Crippen molar-refractivity contribution >= 4 is 34.2 Å². The molecule has 0 bridgehead atoms. The van der Waals surface area contributed by atoms with Gasteiger partial charge in [-0.1, -0.05) is 11.6 Å². The number of hydrogen-bond donors (Lipinski definition) is 1. The summed E-state index contributed by atoms with van der Waals surface area (Å²) in [5.74, 6) is -0.0266. The fourth-order valence-corrected chi connectivity index (χ4v) is 3.15. The summed E-state index contributed by atoms with van der Waals surface area (Å²) in [5.41, 5.74) is 2.47. The average molecular weight is 375 g/mol. The fourth-order valence-electron chi connectivity index (χ4n) is 2.99. The number of ether oxygens (including phenoxy) is 1. The molecule has 8 heteroatoms. The van der Waals surface area contributed by atoms with Crippen molar-refractivity contribution in [1.82, 2.24) is 14.5 Å². The van der Waals surface area contributed by atoms with Crippen molar-refractivity contribution in [2.24, 2.45) is 13.0 Å². The molecule has 3 aromatic heterocycles. The van der Waals surface area contributed by atoms with Crippen LogP contribution in [-0.2, 0) is 11.8 Å². The fraction of sp³-hybridized carbons (Fsp3) is 0.278. The summed E-state index contributed by atoms with van der Waals surface area (Å²) in [4.78, 5) is 20.4. The first kappa shape index (κ1) is 16.8. The minimum atomic E-state index is -1.04. The molecule has 1 amide bonds. The zero-order chi connectivity index (χ0) is 18.4. The van der Waals surface area contributed by atoms with Crippen LogP contribution in [-0.4, -0.2) is 33.7 Å². The number of aromatic nitrogens is 3. The number of nitrogens with one attached hydrogen (secondary N) is 1. The number of nitrogens with zero attached hydrogens (tertiary/aromatic N) is 3. The van der Waals surface area contributed by atoms with Gasteiger partial charge in [-0.25, -0.2) is 14.4 Å². The Kier molecular flexibility index (Phi) is 4.03. The molecule has 1 N–H and O–H groups in total. The van der Waals surface area contributed by atoms with Crippen LogP contribution in [0.15, 0.2) is 30.6 Å². The van der Waals surface area contributed by atoms with Gasteiger partial charge >= 0.3 is 0 Å². The highest BCUT2D eigenvalue weighted by Crippen LogP contribution is 2.36. The van der Waals surface area contributed by atoms with Crippen molar-refractivity contribution in [3.63, 3.8) is 0 Å². The Morgan fingerprint density at radius 2 is 2.12 bits per heavy atom. The van der Waals surface area contributed by atoms with Crippen molar-refractivity contribution in [3.05, 3.63) is 35.6 Å². The van der Waals surface area contributed by atoms with Crippen LogP contribution in [0.5, 0.6) is 5.88 Å². The molecule has 1 fully saturated rings. The topological polar surface area (TPSA) is 69.0 Å². The van der Waals surface area contributed by atoms with Gasteiger partial charge in [-0.15, -0.1) is 0 Å². The van der Waals surface area contributed by atoms with E-state index in [1.54, 1.807) is 25.4 Å². The second kappa shape index (κ2) is 6.25. The van der Waals surface area contributed by atoms with Gasteiger partial charge in [0.1, 0.15) is 12.0 Å². The summed E-state index contributed by atoms with van der Waals surface area (Å²) < 4.78 is 20.3. The van der Waals surface area contributed by atoms with Gasteiger partial charge in [0.2, 0.25) is 11.8 Å². The Morgan fingerprint density at radius 3 is 2.81 bits per heavy atom. The quantitative estimate of drug-likeness (QED) is 0.757. The van der Waals surface area contributed by atoms with Crippen molar-refractivity contribution < 1.29 is 13.9 Å². The number of halogens is 2. The molecule has 134 valence electrons. The van der Waals surface area contributed by atoms with E-state index in [1.807, 2.05) is 17.7 Å². The van der Waals surface area contributed by atoms with Gasteiger partial charge in [0.25, 0.3) is 0 Å². The number of fused-ring (bicyclic) bond motifs is 1. The highest BCUT2D eigenvalue weighted by Gasteiger charge is 2.43. The number of aryl methyl sites for hydroxylation is 1. The second-order valence-corrected chi connectivity index (χ2v) is 6.71. The number of hydrogen-bond acceptors (Lipinski definition) is 4. The Hall–Kier alpha value is -2.67. The molecule has 3 heterocycles. The molecule has 4 rings (SSSR count). The van der Waals surface area contributed by atoms with E-state index >= 15 is 0 Å². The highest BCUT2D eigenvalue weighted by molar-refractivity contribution is 6.30. The molecule has 6 nitrogen and oxygen atoms in total. The number of methoxy groups -OCH3 is 1. The van der Waals surface area contributed by atoms with Gasteiger partial charge in [-0.05, 0) is 24.6 Å². The first-order valence-corrected chi connectivity index (χ1v) is 8.46. The maximum atomic E-state index is 13.0. The third kappa shape index (κ3) is 2.88. The molecule has 2 atom stereocenters. The van der Waals surface area contributed by atoms with E-state index in [-0.39, 0.29) is 12.3 Å². The lowest BCUT2D eigenvalue weighted by Gasteiger charge is -2.09. The molecular formula is C18H16ClFN4O2. The van der Waals surface area contributed by atoms with Crippen molar-refractivity contribution in [1.29, 1.82) is 0 Å². The maximum absolute atomic E-state index is 13.0. The van der Waals surface area contributed by atoms with Gasteiger partial charge in [-0.2, -0.15) is 0 Å². The first-order valence-electron chi connectivity index (χ1n) is 8.08. The smallest absolute Gasteiger partial charge is 0.231 e. The van der Waals surface area contributed by atoms with E-state index in [4.69, 9.17) is 16.3 Å². The summed E-state index contributed by atoms with van der Waals surface area (Å²) in [6, 6.07) is 5.49. The van der Waals surface area contributed by atoms with E-state index in [1.165, 1.54) is 6.20 Å². The van der Waals surface area contributed by atoms with Crippen molar-refractivity contribution in [3.8, 4) is 17.1 Å². The molecular weight excluding hydrogens is 359 g/mol. The van der Waals surface area contributed by atoms with Crippen LogP contribution in [0.3, 0.4) is 0 Å². The summed E-state index contributed by atoms with van der Waals surface area (Å²) in [6.45, 7) is 0. The molecule has 0 radical (unpaired) electrons. The summed E-state index contributed by atoms with van der Waals surface area (Å²) >= 11 is 6.09.